The Morgan fingerprint density at radius 3 is 1.48 bits per heavy atom. The number of fused-ring (bicyclic) bond motifs is 7. The fraction of sp³-hybridized carbons (Fsp3) is 0. The van der Waals surface area contributed by atoms with Crippen molar-refractivity contribution in [1.29, 1.82) is 0 Å². The molecule has 0 unspecified atom stereocenters. The molecular formula is C48H30. The van der Waals surface area contributed by atoms with Crippen LogP contribution in [0, 0.1) is 0 Å². The molecule has 0 heteroatoms. The number of benzene rings is 10. The Kier molecular flexibility index (Phi) is 5.98. The van der Waals surface area contributed by atoms with E-state index < -0.39 is 0 Å². The number of hydrogen-bond donors (Lipinski definition) is 0. The Labute approximate surface area is 279 Å². The highest BCUT2D eigenvalue weighted by molar-refractivity contribution is 6.25. The van der Waals surface area contributed by atoms with E-state index in [1.54, 1.807) is 0 Å². The van der Waals surface area contributed by atoms with Gasteiger partial charge in [-0.15, -0.1) is 0 Å². The van der Waals surface area contributed by atoms with Gasteiger partial charge >= 0.3 is 0 Å². The average molecular weight is 607 g/mol. The first-order valence-corrected chi connectivity index (χ1v) is 16.7. The predicted molar refractivity (Wildman–Crippen MR) is 208 cm³/mol. The van der Waals surface area contributed by atoms with Gasteiger partial charge in [-0.05, 0) is 116 Å². The Morgan fingerprint density at radius 1 is 0.208 bits per heavy atom. The molecule has 0 spiro atoms. The van der Waals surface area contributed by atoms with Crippen LogP contribution < -0.4 is 0 Å². The molecule has 0 radical (unpaired) electrons. The smallest absolute Gasteiger partial charge is 0.00201 e. The summed E-state index contributed by atoms with van der Waals surface area (Å²) in [5.74, 6) is 0. The van der Waals surface area contributed by atoms with Crippen LogP contribution in [0.5, 0.6) is 0 Å². The normalized spacial score (nSPS) is 11.8. The molecule has 0 bridgehead atoms. The predicted octanol–water partition coefficient (Wildman–Crippen LogP) is 13.6. The van der Waals surface area contributed by atoms with E-state index in [1.807, 2.05) is 0 Å². The molecule has 48 heavy (non-hydrogen) atoms. The van der Waals surface area contributed by atoms with Crippen molar-refractivity contribution in [3.8, 4) is 33.4 Å². The van der Waals surface area contributed by atoms with Gasteiger partial charge in [0.25, 0.3) is 0 Å². The minimum Gasteiger partial charge on any atom is -0.0616 e. The maximum atomic E-state index is 2.38. The SMILES string of the molecule is c1cc(-c2cccc3ccccc23)cc(-c2c3ccccc3c(-c3cccc4c3ccc3cc5ccccc5cc34)c3ccccc23)c1. The molecule has 0 saturated carbocycles. The third kappa shape index (κ3) is 4.10. The number of hydrogen-bond acceptors (Lipinski definition) is 0. The lowest BCUT2D eigenvalue weighted by Crippen LogP contribution is -1.92. The van der Waals surface area contributed by atoms with Crippen molar-refractivity contribution >= 4 is 64.6 Å². The van der Waals surface area contributed by atoms with Gasteiger partial charge in [-0.1, -0.05) is 164 Å². The van der Waals surface area contributed by atoms with E-state index in [0.717, 1.165) is 0 Å². The summed E-state index contributed by atoms with van der Waals surface area (Å²) in [6.07, 6.45) is 0. The van der Waals surface area contributed by atoms with E-state index in [0.29, 0.717) is 0 Å². The van der Waals surface area contributed by atoms with Gasteiger partial charge in [-0.3, -0.25) is 0 Å². The lowest BCUT2D eigenvalue weighted by atomic mass is 9.84. The second kappa shape index (κ2) is 10.7. The van der Waals surface area contributed by atoms with Crippen molar-refractivity contribution in [3.63, 3.8) is 0 Å². The third-order valence-electron chi connectivity index (χ3n) is 10.2. The molecule has 0 amide bonds. The lowest BCUT2D eigenvalue weighted by molar-refractivity contribution is 1.63. The zero-order valence-electron chi connectivity index (χ0n) is 26.3. The quantitative estimate of drug-likeness (QED) is 0.139. The highest BCUT2D eigenvalue weighted by Gasteiger charge is 2.19. The van der Waals surface area contributed by atoms with Gasteiger partial charge < -0.3 is 0 Å². The van der Waals surface area contributed by atoms with E-state index in [4.69, 9.17) is 0 Å². The summed E-state index contributed by atoms with van der Waals surface area (Å²) in [4.78, 5) is 0. The fourth-order valence-corrected chi connectivity index (χ4v) is 8.05. The van der Waals surface area contributed by atoms with Gasteiger partial charge in [0, 0.05) is 0 Å². The van der Waals surface area contributed by atoms with Crippen molar-refractivity contribution in [2.45, 2.75) is 0 Å². The highest BCUT2D eigenvalue weighted by Crippen LogP contribution is 2.46. The van der Waals surface area contributed by atoms with Crippen LogP contribution in [0.4, 0.5) is 0 Å². The van der Waals surface area contributed by atoms with Crippen LogP contribution in [0.3, 0.4) is 0 Å². The molecule has 10 aromatic carbocycles. The zero-order valence-corrected chi connectivity index (χ0v) is 26.3. The van der Waals surface area contributed by atoms with Crippen LogP contribution >= 0.6 is 0 Å². The summed E-state index contributed by atoms with van der Waals surface area (Å²) in [6, 6.07) is 67.1. The molecule has 0 N–H and O–H groups in total. The molecule has 0 aliphatic carbocycles. The summed E-state index contributed by atoms with van der Waals surface area (Å²) >= 11 is 0. The van der Waals surface area contributed by atoms with Gasteiger partial charge in [-0.2, -0.15) is 0 Å². The first-order valence-electron chi connectivity index (χ1n) is 16.7. The van der Waals surface area contributed by atoms with Crippen molar-refractivity contribution in [3.05, 3.63) is 182 Å². The van der Waals surface area contributed by atoms with Crippen LogP contribution in [-0.2, 0) is 0 Å². The van der Waals surface area contributed by atoms with Gasteiger partial charge in [0.1, 0.15) is 0 Å². The Hall–Kier alpha value is -6.24. The second-order valence-corrected chi connectivity index (χ2v) is 12.8. The molecular weight excluding hydrogens is 577 g/mol. The molecule has 0 aromatic heterocycles. The van der Waals surface area contributed by atoms with Crippen LogP contribution in [0.2, 0.25) is 0 Å². The topological polar surface area (TPSA) is 0 Å². The Morgan fingerprint density at radius 2 is 0.729 bits per heavy atom. The van der Waals surface area contributed by atoms with Crippen LogP contribution in [-0.4, -0.2) is 0 Å². The standard InChI is InChI=1S/C48H30/c1-2-14-33-30-46-35(28-32(33)13-1)26-27-40-39(46)24-11-25-41(40)48-44-21-7-5-19-42(44)47(43-20-6-8-22-45(43)48)36-17-9-16-34(29-36)38-23-10-15-31-12-3-4-18-37(31)38/h1-30H. The highest BCUT2D eigenvalue weighted by atomic mass is 14.2. The van der Waals surface area contributed by atoms with Gasteiger partial charge in [0.15, 0.2) is 0 Å². The fourth-order valence-electron chi connectivity index (χ4n) is 8.05. The maximum Gasteiger partial charge on any atom is -0.00201 e. The zero-order chi connectivity index (χ0) is 31.6. The van der Waals surface area contributed by atoms with E-state index in [9.17, 15) is 0 Å². The minimum absolute atomic E-state index is 1.23. The van der Waals surface area contributed by atoms with Gasteiger partial charge in [0.05, 0.1) is 0 Å². The molecule has 0 heterocycles. The van der Waals surface area contributed by atoms with Crippen molar-refractivity contribution in [1.82, 2.24) is 0 Å². The largest absolute Gasteiger partial charge is 0.0616 e. The van der Waals surface area contributed by atoms with Crippen LogP contribution in [0.25, 0.3) is 98.0 Å². The first-order chi connectivity index (χ1) is 23.8. The van der Waals surface area contributed by atoms with Crippen molar-refractivity contribution < 1.29 is 0 Å². The molecule has 0 aliphatic heterocycles. The van der Waals surface area contributed by atoms with E-state index in [1.165, 1.54) is 98.0 Å². The molecule has 0 nitrogen and oxygen atoms in total. The second-order valence-electron chi connectivity index (χ2n) is 12.8. The summed E-state index contributed by atoms with van der Waals surface area (Å²) in [5, 5.41) is 15.3. The first kappa shape index (κ1) is 26.9. The molecule has 10 aromatic rings. The third-order valence-corrected chi connectivity index (χ3v) is 10.2. The molecule has 0 aliphatic rings. The Bertz CT molecular complexity index is 2830. The number of rotatable bonds is 3. The Balaban J connectivity index is 1.25. The van der Waals surface area contributed by atoms with Crippen LogP contribution in [0.1, 0.15) is 0 Å². The summed E-state index contributed by atoms with van der Waals surface area (Å²) in [6.45, 7) is 0. The van der Waals surface area contributed by atoms with Crippen molar-refractivity contribution in [2.24, 2.45) is 0 Å². The van der Waals surface area contributed by atoms with Crippen LogP contribution in [0.15, 0.2) is 182 Å². The van der Waals surface area contributed by atoms with E-state index >= 15 is 0 Å². The van der Waals surface area contributed by atoms with Gasteiger partial charge in [0.2, 0.25) is 0 Å². The average Bonchev–Trinajstić information content (AvgIpc) is 3.15. The van der Waals surface area contributed by atoms with E-state index in [2.05, 4.69) is 182 Å². The monoisotopic (exact) mass is 606 g/mol. The maximum absolute atomic E-state index is 2.38. The molecule has 222 valence electrons. The molecule has 0 atom stereocenters. The molecule has 10 rings (SSSR count). The summed E-state index contributed by atoms with van der Waals surface area (Å²) < 4.78 is 0. The molecule has 0 saturated heterocycles. The minimum atomic E-state index is 1.23. The van der Waals surface area contributed by atoms with E-state index in [-0.39, 0.29) is 0 Å². The van der Waals surface area contributed by atoms with Crippen molar-refractivity contribution in [2.75, 3.05) is 0 Å². The summed E-state index contributed by atoms with van der Waals surface area (Å²) in [5.41, 5.74) is 7.57. The lowest BCUT2D eigenvalue weighted by Gasteiger charge is -2.19. The molecule has 0 fully saturated rings. The summed E-state index contributed by atoms with van der Waals surface area (Å²) in [7, 11) is 0. The van der Waals surface area contributed by atoms with Gasteiger partial charge in [-0.25, -0.2) is 0 Å².